The first-order chi connectivity index (χ1) is 15.9. The molecule has 2 aliphatic rings. The molecule has 0 bridgehead atoms. The van der Waals surface area contributed by atoms with Gasteiger partial charge in [-0.1, -0.05) is 11.6 Å². The van der Waals surface area contributed by atoms with Gasteiger partial charge in [-0.05, 0) is 55.4 Å². The number of thiocarbonyl (C=S) groups is 1. The lowest BCUT2D eigenvalue weighted by Crippen LogP contribution is -2.36. The Balaban J connectivity index is 1.41. The number of halogens is 1. The Morgan fingerprint density at radius 1 is 1.03 bits per heavy atom. The maximum absolute atomic E-state index is 12.7. The molecule has 2 N–H and O–H groups in total. The molecule has 1 amide bonds. The molecule has 0 atom stereocenters. The van der Waals surface area contributed by atoms with E-state index >= 15 is 0 Å². The van der Waals surface area contributed by atoms with Gasteiger partial charge in [-0.3, -0.25) is 20.2 Å². The van der Waals surface area contributed by atoms with Crippen LogP contribution in [0.15, 0.2) is 36.4 Å². The maximum Gasteiger partial charge on any atom is 0.293 e. The fourth-order valence-corrected chi connectivity index (χ4v) is 4.53. The lowest BCUT2D eigenvalue weighted by atomic mass is 10.1. The van der Waals surface area contributed by atoms with E-state index in [0.717, 1.165) is 44.7 Å². The third kappa shape index (κ3) is 5.52. The number of nitrogens with one attached hydrogen (secondary N) is 2. The molecule has 33 heavy (non-hydrogen) atoms. The predicted octanol–water partition coefficient (Wildman–Crippen LogP) is 3.81. The van der Waals surface area contributed by atoms with Crippen molar-refractivity contribution in [1.29, 1.82) is 0 Å². The number of nitro benzene ring substituents is 1. The summed E-state index contributed by atoms with van der Waals surface area (Å²) < 4.78 is 5.37. The molecule has 2 saturated heterocycles. The minimum Gasteiger partial charge on any atom is -0.378 e. The minimum absolute atomic E-state index is 0.0708. The second-order valence-corrected chi connectivity index (χ2v) is 8.64. The molecule has 4 rings (SSSR count). The molecule has 0 spiro atoms. The highest BCUT2D eigenvalue weighted by atomic mass is 35.5. The summed E-state index contributed by atoms with van der Waals surface area (Å²) >= 11 is 11.7. The molecule has 2 aliphatic heterocycles. The van der Waals surface area contributed by atoms with Crippen molar-refractivity contribution in [2.75, 3.05) is 54.5 Å². The molecular weight excluding hydrogens is 466 g/mol. The predicted molar refractivity (Wildman–Crippen MR) is 133 cm³/mol. The van der Waals surface area contributed by atoms with Crippen LogP contribution in [0.3, 0.4) is 0 Å². The standard InChI is InChI=1S/C22H24ClN5O4S/c23-17-14-16(4-6-18(17)27-9-11-32-12-10-27)24-22(33)25-21(29)15-3-5-19(20(13-15)28(30)31)26-7-1-2-8-26/h3-6,13-14H,1-2,7-12H2,(H2,24,25,29,33). The highest BCUT2D eigenvalue weighted by Gasteiger charge is 2.24. The van der Waals surface area contributed by atoms with Crippen LogP contribution in [0.4, 0.5) is 22.7 Å². The zero-order chi connectivity index (χ0) is 23.4. The fraction of sp³-hybridized carbons (Fsp3) is 0.364. The van der Waals surface area contributed by atoms with E-state index in [0.29, 0.717) is 29.6 Å². The largest absolute Gasteiger partial charge is 0.378 e. The highest BCUT2D eigenvalue weighted by molar-refractivity contribution is 7.80. The maximum atomic E-state index is 12.7. The van der Waals surface area contributed by atoms with Crippen LogP contribution in [-0.4, -0.2) is 55.3 Å². The van der Waals surface area contributed by atoms with E-state index in [2.05, 4.69) is 15.5 Å². The Labute approximate surface area is 201 Å². The van der Waals surface area contributed by atoms with Gasteiger partial charge in [0.15, 0.2) is 5.11 Å². The number of benzene rings is 2. The first-order valence-electron chi connectivity index (χ1n) is 10.7. The van der Waals surface area contributed by atoms with Gasteiger partial charge in [0, 0.05) is 43.5 Å². The fourth-order valence-electron chi connectivity index (χ4n) is 4.02. The van der Waals surface area contributed by atoms with Crippen molar-refractivity contribution in [2.24, 2.45) is 0 Å². The smallest absolute Gasteiger partial charge is 0.293 e. The number of nitrogens with zero attached hydrogens (tertiary/aromatic N) is 3. The van der Waals surface area contributed by atoms with E-state index < -0.39 is 10.8 Å². The third-order valence-corrected chi connectivity index (χ3v) is 6.17. The first kappa shape index (κ1) is 23.2. The number of hydrogen-bond acceptors (Lipinski definition) is 7. The molecule has 0 aromatic heterocycles. The number of hydrogen-bond donors (Lipinski definition) is 2. The number of anilines is 3. The van der Waals surface area contributed by atoms with Crippen molar-refractivity contribution in [2.45, 2.75) is 12.8 Å². The van der Waals surface area contributed by atoms with E-state index in [1.165, 1.54) is 6.07 Å². The van der Waals surface area contributed by atoms with E-state index in [9.17, 15) is 14.9 Å². The Hall–Kier alpha value is -2.95. The number of nitro groups is 1. The molecule has 0 unspecified atom stereocenters. The summed E-state index contributed by atoms with van der Waals surface area (Å²) in [4.78, 5) is 27.9. The molecule has 174 valence electrons. The Morgan fingerprint density at radius 2 is 1.70 bits per heavy atom. The second-order valence-electron chi connectivity index (χ2n) is 7.83. The zero-order valence-corrected chi connectivity index (χ0v) is 19.5. The van der Waals surface area contributed by atoms with Gasteiger partial charge in [0.25, 0.3) is 11.6 Å². The monoisotopic (exact) mass is 489 g/mol. The van der Waals surface area contributed by atoms with Crippen molar-refractivity contribution >= 4 is 57.6 Å². The molecule has 2 aromatic carbocycles. The van der Waals surface area contributed by atoms with Gasteiger partial charge in [0.2, 0.25) is 0 Å². The van der Waals surface area contributed by atoms with E-state index in [4.69, 9.17) is 28.6 Å². The lowest BCUT2D eigenvalue weighted by Gasteiger charge is -2.29. The molecule has 0 radical (unpaired) electrons. The summed E-state index contributed by atoms with van der Waals surface area (Å²) in [6, 6.07) is 9.94. The van der Waals surface area contributed by atoms with Gasteiger partial charge in [-0.2, -0.15) is 0 Å². The van der Waals surface area contributed by atoms with Gasteiger partial charge in [-0.25, -0.2) is 0 Å². The van der Waals surface area contributed by atoms with Crippen LogP contribution in [0.25, 0.3) is 0 Å². The molecule has 2 heterocycles. The van der Waals surface area contributed by atoms with Crippen LogP contribution in [0, 0.1) is 10.1 Å². The van der Waals surface area contributed by atoms with Crippen LogP contribution in [-0.2, 0) is 4.74 Å². The van der Waals surface area contributed by atoms with Crippen molar-refractivity contribution in [3.05, 3.63) is 57.1 Å². The van der Waals surface area contributed by atoms with Crippen LogP contribution in [0.2, 0.25) is 5.02 Å². The van der Waals surface area contributed by atoms with Crippen molar-refractivity contribution in [1.82, 2.24) is 5.32 Å². The van der Waals surface area contributed by atoms with Gasteiger partial charge >= 0.3 is 0 Å². The summed E-state index contributed by atoms with van der Waals surface area (Å²) in [5.74, 6) is -0.528. The molecule has 0 saturated carbocycles. The highest BCUT2D eigenvalue weighted by Crippen LogP contribution is 2.32. The summed E-state index contributed by atoms with van der Waals surface area (Å²) in [5, 5.41) is 17.7. The van der Waals surface area contributed by atoms with Gasteiger partial charge in [0.05, 0.1) is 28.8 Å². The molecular formula is C22H24ClN5O4S. The van der Waals surface area contributed by atoms with Gasteiger partial charge < -0.3 is 19.9 Å². The minimum atomic E-state index is -0.528. The molecule has 11 heteroatoms. The number of amides is 1. The van der Waals surface area contributed by atoms with Crippen molar-refractivity contribution < 1.29 is 14.5 Å². The number of rotatable bonds is 5. The molecule has 2 aromatic rings. The average molecular weight is 490 g/mol. The molecule has 9 nitrogen and oxygen atoms in total. The number of carbonyl (C=O) groups is 1. The Morgan fingerprint density at radius 3 is 2.36 bits per heavy atom. The van der Waals surface area contributed by atoms with Crippen molar-refractivity contribution in [3.63, 3.8) is 0 Å². The third-order valence-electron chi connectivity index (χ3n) is 5.67. The zero-order valence-electron chi connectivity index (χ0n) is 17.9. The normalized spacial score (nSPS) is 15.9. The topological polar surface area (TPSA) is 100.0 Å². The molecule has 0 aliphatic carbocycles. The van der Waals surface area contributed by atoms with Gasteiger partial charge in [0.1, 0.15) is 5.69 Å². The van der Waals surface area contributed by atoms with Crippen LogP contribution < -0.4 is 20.4 Å². The van der Waals surface area contributed by atoms with Gasteiger partial charge in [-0.15, -0.1) is 0 Å². The number of carbonyl (C=O) groups excluding carboxylic acids is 1. The quantitative estimate of drug-likeness (QED) is 0.371. The van der Waals surface area contributed by atoms with E-state index in [1.54, 1.807) is 18.2 Å². The van der Waals surface area contributed by atoms with Crippen LogP contribution in [0.5, 0.6) is 0 Å². The Bertz CT molecular complexity index is 1070. The van der Waals surface area contributed by atoms with Crippen molar-refractivity contribution in [3.8, 4) is 0 Å². The first-order valence-corrected chi connectivity index (χ1v) is 11.5. The Kier molecular flexibility index (Phi) is 7.26. The summed E-state index contributed by atoms with van der Waals surface area (Å²) in [6.45, 7) is 4.39. The SMILES string of the molecule is O=C(NC(=S)Nc1ccc(N2CCOCC2)c(Cl)c1)c1ccc(N2CCCC2)c([N+](=O)[O-])c1. The summed E-state index contributed by atoms with van der Waals surface area (Å²) in [7, 11) is 0. The van der Waals surface area contributed by atoms with E-state index in [-0.39, 0.29) is 16.4 Å². The number of morpholine rings is 1. The average Bonchev–Trinajstić information content (AvgIpc) is 3.34. The summed E-state index contributed by atoms with van der Waals surface area (Å²) in [6.07, 6.45) is 1.99. The lowest BCUT2D eigenvalue weighted by molar-refractivity contribution is -0.384. The number of ether oxygens (including phenoxy) is 1. The van der Waals surface area contributed by atoms with E-state index in [1.807, 2.05) is 17.0 Å². The second kappa shape index (κ2) is 10.3. The summed E-state index contributed by atoms with van der Waals surface area (Å²) in [5.41, 5.74) is 2.14. The van der Waals surface area contributed by atoms with Crippen LogP contribution in [0.1, 0.15) is 23.2 Å². The van der Waals surface area contributed by atoms with Crippen LogP contribution >= 0.6 is 23.8 Å². The molecule has 2 fully saturated rings.